The van der Waals surface area contributed by atoms with Crippen molar-refractivity contribution in [1.29, 1.82) is 0 Å². The lowest BCUT2D eigenvalue weighted by atomic mass is 10.1. The standard InChI is InChI=1S/C16H19ClN2O2/c1-6-13-10(3)15(21-16(20)19(4)5)11-8-12(17)9(2)7-14(11)18-13/h7-8H,6H2,1-5H3. The van der Waals surface area contributed by atoms with Crippen LogP contribution in [0, 0.1) is 13.8 Å². The summed E-state index contributed by atoms with van der Waals surface area (Å²) in [5.41, 5.74) is 3.54. The Morgan fingerprint density at radius 2 is 2.00 bits per heavy atom. The first-order chi connectivity index (χ1) is 9.85. The van der Waals surface area contributed by atoms with E-state index in [0.29, 0.717) is 10.8 Å². The van der Waals surface area contributed by atoms with Crippen molar-refractivity contribution in [1.82, 2.24) is 9.88 Å². The molecule has 0 spiro atoms. The molecule has 5 heteroatoms. The van der Waals surface area contributed by atoms with Gasteiger partial charge in [0, 0.05) is 35.8 Å². The third-order valence-corrected chi connectivity index (χ3v) is 3.85. The van der Waals surface area contributed by atoms with Gasteiger partial charge in [0.05, 0.1) is 5.52 Å². The Labute approximate surface area is 129 Å². The molecule has 0 fully saturated rings. The van der Waals surface area contributed by atoms with Crippen molar-refractivity contribution in [3.8, 4) is 5.75 Å². The molecule has 2 aromatic rings. The number of nitrogens with zero attached hydrogens (tertiary/aromatic N) is 2. The lowest BCUT2D eigenvalue weighted by molar-refractivity contribution is 0.172. The summed E-state index contributed by atoms with van der Waals surface area (Å²) in [5.74, 6) is 0.539. The normalized spacial score (nSPS) is 10.8. The number of fused-ring (bicyclic) bond motifs is 1. The van der Waals surface area contributed by atoms with Crippen LogP contribution in [0.4, 0.5) is 4.79 Å². The molecule has 0 bridgehead atoms. The average molecular weight is 307 g/mol. The van der Waals surface area contributed by atoms with Gasteiger partial charge >= 0.3 is 6.09 Å². The molecule has 1 aromatic carbocycles. The molecule has 0 aliphatic heterocycles. The smallest absolute Gasteiger partial charge is 0.409 e. The van der Waals surface area contributed by atoms with Crippen molar-refractivity contribution in [2.75, 3.05) is 14.1 Å². The zero-order chi connectivity index (χ0) is 15.7. The number of hydrogen-bond donors (Lipinski definition) is 0. The Kier molecular flexibility index (Phi) is 4.37. The zero-order valence-corrected chi connectivity index (χ0v) is 13.7. The van der Waals surface area contributed by atoms with Gasteiger partial charge in [-0.3, -0.25) is 4.98 Å². The summed E-state index contributed by atoms with van der Waals surface area (Å²) < 4.78 is 5.55. The molecule has 0 radical (unpaired) electrons. The van der Waals surface area contributed by atoms with Gasteiger partial charge in [0.1, 0.15) is 5.75 Å². The highest BCUT2D eigenvalue weighted by Crippen LogP contribution is 2.34. The first kappa shape index (κ1) is 15.6. The van der Waals surface area contributed by atoms with Crippen LogP contribution in [0.5, 0.6) is 5.75 Å². The van der Waals surface area contributed by atoms with Crippen LogP contribution in [0.1, 0.15) is 23.7 Å². The largest absolute Gasteiger partial charge is 0.414 e. The molecule has 0 aliphatic rings. The number of aromatic nitrogens is 1. The van der Waals surface area contributed by atoms with Crippen LogP contribution in [0.25, 0.3) is 10.9 Å². The van der Waals surface area contributed by atoms with Gasteiger partial charge in [0.15, 0.2) is 0 Å². The average Bonchev–Trinajstić information content (AvgIpc) is 2.43. The predicted octanol–water partition coefficient (Wildman–Crippen LogP) is 4.13. The van der Waals surface area contributed by atoms with Crippen LogP contribution in [0.2, 0.25) is 5.02 Å². The van der Waals surface area contributed by atoms with E-state index in [1.54, 1.807) is 14.1 Å². The van der Waals surface area contributed by atoms with E-state index in [4.69, 9.17) is 16.3 Å². The van der Waals surface area contributed by atoms with Gasteiger partial charge in [0.25, 0.3) is 0 Å². The molecule has 2 rings (SSSR count). The van der Waals surface area contributed by atoms with E-state index < -0.39 is 6.09 Å². The highest BCUT2D eigenvalue weighted by Gasteiger charge is 2.17. The Hall–Kier alpha value is -1.81. The van der Waals surface area contributed by atoms with Gasteiger partial charge < -0.3 is 9.64 Å². The summed E-state index contributed by atoms with van der Waals surface area (Å²) in [7, 11) is 3.30. The Balaban J connectivity index is 2.72. The Morgan fingerprint density at radius 3 is 2.57 bits per heavy atom. The van der Waals surface area contributed by atoms with Crippen molar-refractivity contribution in [3.63, 3.8) is 0 Å². The number of aryl methyl sites for hydroxylation is 2. The molecule has 112 valence electrons. The molecule has 21 heavy (non-hydrogen) atoms. The first-order valence-electron chi connectivity index (χ1n) is 6.83. The summed E-state index contributed by atoms with van der Waals surface area (Å²) in [6, 6.07) is 3.73. The maximum Gasteiger partial charge on any atom is 0.414 e. The summed E-state index contributed by atoms with van der Waals surface area (Å²) in [6.07, 6.45) is 0.361. The molecule has 0 saturated carbocycles. The van der Waals surface area contributed by atoms with E-state index in [1.807, 2.05) is 32.9 Å². The van der Waals surface area contributed by atoms with E-state index >= 15 is 0 Å². The number of ether oxygens (including phenoxy) is 1. The second-order valence-corrected chi connectivity index (χ2v) is 5.65. The Morgan fingerprint density at radius 1 is 1.33 bits per heavy atom. The van der Waals surface area contributed by atoms with Gasteiger partial charge in [-0.2, -0.15) is 0 Å². The highest BCUT2D eigenvalue weighted by atomic mass is 35.5. The number of carbonyl (C=O) groups excluding carboxylic acids is 1. The molecule has 0 saturated heterocycles. The minimum atomic E-state index is -0.413. The number of rotatable bonds is 2. The van der Waals surface area contributed by atoms with Gasteiger partial charge in [-0.05, 0) is 38.0 Å². The summed E-state index contributed by atoms with van der Waals surface area (Å²) in [5, 5.41) is 1.39. The monoisotopic (exact) mass is 306 g/mol. The van der Waals surface area contributed by atoms with Crippen molar-refractivity contribution in [2.24, 2.45) is 0 Å². The van der Waals surface area contributed by atoms with E-state index in [1.165, 1.54) is 4.90 Å². The molecule has 4 nitrogen and oxygen atoms in total. The highest BCUT2D eigenvalue weighted by molar-refractivity contribution is 6.32. The van der Waals surface area contributed by atoms with Crippen molar-refractivity contribution < 1.29 is 9.53 Å². The molecule has 1 heterocycles. The zero-order valence-electron chi connectivity index (χ0n) is 13.0. The second-order valence-electron chi connectivity index (χ2n) is 5.25. The fourth-order valence-electron chi connectivity index (χ4n) is 2.16. The van der Waals surface area contributed by atoms with Crippen LogP contribution < -0.4 is 4.74 Å². The predicted molar refractivity (Wildman–Crippen MR) is 85.3 cm³/mol. The minimum Gasteiger partial charge on any atom is -0.409 e. The van der Waals surface area contributed by atoms with Gasteiger partial charge in [-0.1, -0.05) is 18.5 Å². The third kappa shape index (κ3) is 2.95. The number of amides is 1. The fourth-order valence-corrected chi connectivity index (χ4v) is 2.32. The second kappa shape index (κ2) is 5.90. The maximum atomic E-state index is 11.9. The number of halogens is 1. The molecule has 0 aliphatic carbocycles. The number of benzene rings is 1. The van der Waals surface area contributed by atoms with Gasteiger partial charge in [-0.25, -0.2) is 4.79 Å². The third-order valence-electron chi connectivity index (χ3n) is 3.44. The lowest BCUT2D eigenvalue weighted by Gasteiger charge is -2.17. The van der Waals surface area contributed by atoms with Crippen molar-refractivity contribution in [2.45, 2.75) is 27.2 Å². The van der Waals surface area contributed by atoms with E-state index in [2.05, 4.69) is 4.98 Å². The number of hydrogen-bond acceptors (Lipinski definition) is 3. The maximum absolute atomic E-state index is 11.9. The van der Waals surface area contributed by atoms with Crippen LogP contribution >= 0.6 is 11.6 Å². The lowest BCUT2D eigenvalue weighted by Crippen LogP contribution is -2.25. The SMILES string of the molecule is CCc1nc2cc(C)c(Cl)cc2c(OC(=O)N(C)C)c1C. The van der Waals surface area contributed by atoms with Crippen molar-refractivity contribution in [3.05, 3.63) is 34.0 Å². The molecular formula is C16H19ClN2O2. The first-order valence-corrected chi connectivity index (χ1v) is 7.21. The molecule has 0 N–H and O–H groups in total. The van der Waals surface area contributed by atoms with Crippen LogP contribution in [0.15, 0.2) is 12.1 Å². The summed E-state index contributed by atoms with van der Waals surface area (Å²) in [6.45, 7) is 5.87. The number of pyridine rings is 1. The van der Waals surface area contributed by atoms with E-state index in [-0.39, 0.29) is 0 Å². The van der Waals surface area contributed by atoms with Gasteiger partial charge in [-0.15, -0.1) is 0 Å². The molecule has 1 amide bonds. The van der Waals surface area contributed by atoms with Crippen LogP contribution in [-0.2, 0) is 6.42 Å². The summed E-state index contributed by atoms with van der Waals surface area (Å²) in [4.78, 5) is 18.0. The van der Waals surface area contributed by atoms with Gasteiger partial charge in [0.2, 0.25) is 0 Å². The quantitative estimate of drug-likeness (QED) is 0.838. The fraction of sp³-hybridized carbons (Fsp3) is 0.375. The Bertz CT molecular complexity index is 711. The molecule has 1 aromatic heterocycles. The van der Waals surface area contributed by atoms with Crippen LogP contribution in [0.3, 0.4) is 0 Å². The minimum absolute atomic E-state index is 0.413. The van der Waals surface area contributed by atoms with Crippen molar-refractivity contribution >= 4 is 28.6 Å². The number of carbonyl (C=O) groups is 1. The van der Waals surface area contributed by atoms with E-state index in [9.17, 15) is 4.79 Å². The molecular weight excluding hydrogens is 288 g/mol. The topological polar surface area (TPSA) is 42.4 Å². The van der Waals surface area contributed by atoms with E-state index in [0.717, 1.165) is 34.1 Å². The summed E-state index contributed by atoms with van der Waals surface area (Å²) >= 11 is 6.21. The molecule has 0 unspecified atom stereocenters. The molecule has 0 atom stereocenters. The van der Waals surface area contributed by atoms with Crippen LogP contribution in [-0.4, -0.2) is 30.1 Å².